The lowest BCUT2D eigenvalue weighted by molar-refractivity contribution is 0.217. The molecule has 1 aromatic heterocycles. The maximum atomic E-state index is 13.4. The predicted molar refractivity (Wildman–Crippen MR) is 67.9 cm³/mol. The van der Waals surface area contributed by atoms with Gasteiger partial charge in [0, 0.05) is 17.5 Å². The molecule has 2 aromatic rings. The summed E-state index contributed by atoms with van der Waals surface area (Å²) in [7, 11) is 0. The maximum Gasteiger partial charge on any atom is 0.145 e. The van der Waals surface area contributed by atoms with E-state index in [1.807, 2.05) is 17.5 Å². The Hall–Kier alpha value is -1.90. The molecule has 1 unspecified atom stereocenters. The van der Waals surface area contributed by atoms with Crippen molar-refractivity contribution in [2.24, 2.45) is 5.73 Å². The summed E-state index contributed by atoms with van der Waals surface area (Å²) < 4.78 is 19.0. The minimum absolute atomic E-state index is 0.00257. The van der Waals surface area contributed by atoms with Crippen LogP contribution in [0.25, 0.3) is 0 Å². The summed E-state index contributed by atoms with van der Waals surface area (Å²) in [4.78, 5) is 0.988. The van der Waals surface area contributed by atoms with Gasteiger partial charge in [-0.15, -0.1) is 11.3 Å². The van der Waals surface area contributed by atoms with Gasteiger partial charge in [-0.05, 0) is 23.6 Å². The van der Waals surface area contributed by atoms with Gasteiger partial charge < -0.3 is 10.5 Å². The first-order valence-corrected chi connectivity index (χ1v) is 6.22. The lowest BCUT2D eigenvalue weighted by atomic mass is 10.2. The van der Waals surface area contributed by atoms with Crippen molar-refractivity contribution in [2.75, 3.05) is 6.54 Å². The molecule has 0 amide bonds. The van der Waals surface area contributed by atoms with Crippen LogP contribution in [0.1, 0.15) is 16.5 Å². The normalized spacial score (nSPS) is 11.8. The van der Waals surface area contributed by atoms with E-state index in [1.165, 1.54) is 23.5 Å². The molecule has 1 heterocycles. The molecule has 0 aliphatic rings. The van der Waals surface area contributed by atoms with E-state index in [1.54, 1.807) is 12.1 Å². The highest BCUT2D eigenvalue weighted by Gasteiger charge is 2.13. The minimum Gasteiger partial charge on any atom is -0.483 e. The molecule has 1 aromatic carbocycles. The molecule has 0 bridgehead atoms. The van der Waals surface area contributed by atoms with E-state index in [0.29, 0.717) is 12.3 Å². The summed E-state index contributed by atoms with van der Waals surface area (Å²) in [5, 5.41) is 10.6. The number of ether oxygens (including phenoxy) is 1. The zero-order valence-corrected chi connectivity index (χ0v) is 10.3. The van der Waals surface area contributed by atoms with E-state index < -0.39 is 5.82 Å². The van der Waals surface area contributed by atoms with Gasteiger partial charge in [-0.25, -0.2) is 4.39 Å². The highest BCUT2D eigenvalue weighted by atomic mass is 32.1. The van der Waals surface area contributed by atoms with Gasteiger partial charge in [0.25, 0.3) is 0 Å². The highest BCUT2D eigenvalue weighted by Crippen LogP contribution is 2.25. The van der Waals surface area contributed by atoms with Crippen molar-refractivity contribution in [3.05, 3.63) is 52.0 Å². The van der Waals surface area contributed by atoms with E-state index >= 15 is 0 Å². The van der Waals surface area contributed by atoms with Crippen molar-refractivity contribution in [1.29, 1.82) is 5.26 Å². The van der Waals surface area contributed by atoms with Crippen LogP contribution >= 0.6 is 11.3 Å². The number of benzene rings is 1. The largest absolute Gasteiger partial charge is 0.483 e. The smallest absolute Gasteiger partial charge is 0.145 e. The lowest BCUT2D eigenvalue weighted by Crippen LogP contribution is -2.17. The Labute approximate surface area is 108 Å². The number of hydrogen-bond donors (Lipinski definition) is 1. The van der Waals surface area contributed by atoms with Crippen LogP contribution in [-0.2, 0) is 0 Å². The molecule has 0 saturated heterocycles. The summed E-state index contributed by atoms with van der Waals surface area (Å²) in [6.07, 6.45) is -0.294. The number of nitrogens with zero attached hydrogens (tertiary/aromatic N) is 1. The molecule has 0 radical (unpaired) electrons. The quantitative estimate of drug-likeness (QED) is 0.921. The maximum absolute atomic E-state index is 13.4. The first kappa shape index (κ1) is 12.6. The van der Waals surface area contributed by atoms with Gasteiger partial charge in [0.15, 0.2) is 0 Å². The zero-order chi connectivity index (χ0) is 13.0. The van der Waals surface area contributed by atoms with Crippen molar-refractivity contribution >= 4 is 11.3 Å². The second-order valence-electron chi connectivity index (χ2n) is 3.61. The molecule has 3 nitrogen and oxygen atoms in total. The summed E-state index contributed by atoms with van der Waals surface area (Å²) in [5.41, 5.74) is 5.64. The van der Waals surface area contributed by atoms with Crippen LogP contribution < -0.4 is 10.5 Å². The van der Waals surface area contributed by atoms with Crippen LogP contribution in [-0.4, -0.2) is 6.54 Å². The third kappa shape index (κ3) is 2.67. The molecular formula is C13H11FN2OS. The van der Waals surface area contributed by atoms with E-state index in [-0.39, 0.29) is 11.7 Å². The van der Waals surface area contributed by atoms with Crippen molar-refractivity contribution in [2.45, 2.75) is 6.10 Å². The second kappa shape index (κ2) is 5.63. The number of rotatable bonds is 4. The Kier molecular flexibility index (Phi) is 3.92. The fourth-order valence-corrected chi connectivity index (χ4v) is 2.29. The highest BCUT2D eigenvalue weighted by molar-refractivity contribution is 7.10. The molecule has 1 atom stereocenters. The van der Waals surface area contributed by atoms with Gasteiger partial charge in [0.05, 0.1) is 5.56 Å². The molecule has 0 saturated carbocycles. The summed E-state index contributed by atoms with van der Waals surface area (Å²) in [6.45, 7) is 0.308. The summed E-state index contributed by atoms with van der Waals surface area (Å²) in [6, 6.07) is 9.76. The van der Waals surface area contributed by atoms with Crippen LogP contribution in [0.2, 0.25) is 0 Å². The number of nitrogens with two attached hydrogens (primary N) is 1. The number of hydrogen-bond acceptors (Lipinski definition) is 4. The number of thiophene rings is 1. The van der Waals surface area contributed by atoms with Crippen LogP contribution in [0.15, 0.2) is 35.7 Å². The lowest BCUT2D eigenvalue weighted by Gasteiger charge is -2.16. The third-order valence-electron chi connectivity index (χ3n) is 2.41. The molecule has 0 aliphatic carbocycles. The van der Waals surface area contributed by atoms with Gasteiger partial charge in [-0.2, -0.15) is 5.26 Å². The third-order valence-corrected chi connectivity index (χ3v) is 3.38. The van der Waals surface area contributed by atoms with Crippen molar-refractivity contribution < 1.29 is 9.13 Å². The van der Waals surface area contributed by atoms with Gasteiger partial charge in [-0.3, -0.25) is 0 Å². The minimum atomic E-state index is -0.586. The molecule has 5 heteroatoms. The fraction of sp³-hybridized carbons (Fsp3) is 0.154. The first-order valence-electron chi connectivity index (χ1n) is 5.34. The fourth-order valence-electron chi connectivity index (χ4n) is 1.52. The summed E-state index contributed by atoms with van der Waals surface area (Å²) in [5.74, 6) is -0.215. The topological polar surface area (TPSA) is 59.0 Å². The Bertz CT molecular complexity index is 563. The first-order chi connectivity index (χ1) is 8.74. The Morgan fingerprint density at radius 3 is 2.83 bits per heavy atom. The number of halogens is 1. The molecule has 2 rings (SSSR count). The molecular weight excluding hydrogens is 251 g/mol. The Morgan fingerprint density at radius 1 is 1.44 bits per heavy atom. The monoisotopic (exact) mass is 262 g/mol. The van der Waals surface area contributed by atoms with E-state index in [9.17, 15) is 4.39 Å². The van der Waals surface area contributed by atoms with Crippen LogP contribution in [0, 0.1) is 17.1 Å². The zero-order valence-electron chi connectivity index (χ0n) is 9.47. The Balaban J connectivity index is 2.18. The van der Waals surface area contributed by atoms with Gasteiger partial charge in [-0.1, -0.05) is 6.07 Å². The van der Waals surface area contributed by atoms with Crippen molar-refractivity contribution in [3.8, 4) is 11.8 Å². The second-order valence-corrected chi connectivity index (χ2v) is 4.59. The Morgan fingerprint density at radius 2 is 2.28 bits per heavy atom. The summed E-state index contributed by atoms with van der Waals surface area (Å²) >= 11 is 1.54. The van der Waals surface area contributed by atoms with Crippen molar-refractivity contribution in [3.63, 3.8) is 0 Å². The molecule has 0 aliphatic heterocycles. The molecule has 0 fully saturated rings. The molecule has 2 N–H and O–H groups in total. The van der Waals surface area contributed by atoms with Crippen LogP contribution in [0.4, 0.5) is 4.39 Å². The van der Waals surface area contributed by atoms with Gasteiger partial charge in [0.2, 0.25) is 0 Å². The van der Waals surface area contributed by atoms with Crippen LogP contribution in [0.3, 0.4) is 0 Å². The van der Waals surface area contributed by atoms with Crippen LogP contribution in [0.5, 0.6) is 5.75 Å². The average molecular weight is 262 g/mol. The van der Waals surface area contributed by atoms with E-state index in [4.69, 9.17) is 15.7 Å². The van der Waals surface area contributed by atoms with Gasteiger partial charge >= 0.3 is 0 Å². The molecule has 18 heavy (non-hydrogen) atoms. The molecule has 92 valence electrons. The standard InChI is InChI=1S/C13H11FN2OS/c14-11-6-10(4-3-9(11)7-15)17-12(8-16)13-2-1-5-18-13/h1-6,12H,8,16H2. The van der Waals surface area contributed by atoms with E-state index in [2.05, 4.69) is 0 Å². The SMILES string of the molecule is N#Cc1ccc(OC(CN)c2cccs2)cc1F. The van der Waals surface area contributed by atoms with E-state index in [0.717, 1.165) is 4.88 Å². The predicted octanol–water partition coefficient (Wildman–Crippen LogP) is 2.84. The van der Waals surface area contributed by atoms with Gasteiger partial charge in [0.1, 0.15) is 23.7 Å². The average Bonchev–Trinajstić information content (AvgIpc) is 2.90. The van der Waals surface area contributed by atoms with Crippen molar-refractivity contribution in [1.82, 2.24) is 0 Å². The number of nitriles is 1. The molecule has 0 spiro atoms.